The number of hydrogen-bond donors (Lipinski definition) is 1. The highest BCUT2D eigenvalue weighted by Gasteiger charge is 2.07. The van der Waals surface area contributed by atoms with E-state index in [1.54, 1.807) is 0 Å². The van der Waals surface area contributed by atoms with Crippen molar-refractivity contribution in [1.29, 1.82) is 0 Å². The molecule has 0 spiro atoms. The molecule has 2 nitrogen and oxygen atoms in total. The largest absolute Gasteiger partial charge is 0.494 e. The third-order valence-corrected chi connectivity index (χ3v) is 2.26. The van der Waals surface area contributed by atoms with E-state index in [0.717, 1.165) is 15.8 Å². The topological polar surface area (TPSA) is 35.2 Å². The molecule has 0 unspecified atom stereocenters. The van der Waals surface area contributed by atoms with Gasteiger partial charge in [-0.05, 0) is 32.0 Å². The van der Waals surface area contributed by atoms with Crippen molar-refractivity contribution >= 4 is 28.3 Å². The summed E-state index contributed by atoms with van der Waals surface area (Å²) in [7, 11) is 0. The van der Waals surface area contributed by atoms with Crippen LogP contribution in [0, 0.1) is 0 Å². The van der Waals surface area contributed by atoms with Gasteiger partial charge in [0.15, 0.2) is 0 Å². The second-order valence-corrected chi connectivity index (χ2v) is 3.82. The summed E-state index contributed by atoms with van der Waals surface area (Å²) in [6, 6.07) is 5.89. The summed E-state index contributed by atoms with van der Waals surface area (Å²) >= 11 is 3.40. The van der Waals surface area contributed by atoms with Gasteiger partial charge in [-0.3, -0.25) is 0 Å². The molecule has 0 heterocycles. The summed E-state index contributed by atoms with van der Waals surface area (Å²) in [5.41, 5.74) is 6.85. The molecule has 14 heavy (non-hydrogen) atoms. The number of halogens is 2. The predicted molar refractivity (Wildman–Crippen MR) is 65.2 cm³/mol. The molecule has 0 radical (unpaired) electrons. The smallest absolute Gasteiger partial charge is 0.124 e. The minimum absolute atomic E-state index is 0. The van der Waals surface area contributed by atoms with Crippen molar-refractivity contribution in [1.82, 2.24) is 0 Å². The van der Waals surface area contributed by atoms with Gasteiger partial charge in [-0.25, -0.2) is 0 Å². The lowest BCUT2D eigenvalue weighted by Gasteiger charge is -2.13. The molecule has 0 amide bonds. The quantitative estimate of drug-likeness (QED) is 0.922. The maximum atomic E-state index is 5.81. The van der Waals surface area contributed by atoms with Gasteiger partial charge in [-0.2, -0.15) is 0 Å². The molecule has 1 aromatic carbocycles. The van der Waals surface area contributed by atoms with Crippen molar-refractivity contribution in [3.8, 4) is 5.75 Å². The fourth-order valence-corrected chi connectivity index (χ4v) is 1.54. The first-order valence-corrected chi connectivity index (χ1v) is 5.12. The maximum absolute atomic E-state index is 5.81. The lowest BCUT2D eigenvalue weighted by Crippen LogP contribution is -2.07. The first-order valence-electron chi connectivity index (χ1n) is 4.33. The van der Waals surface area contributed by atoms with E-state index in [0.29, 0.717) is 6.61 Å². The molecule has 1 aromatic rings. The number of benzene rings is 1. The lowest BCUT2D eigenvalue weighted by molar-refractivity contribution is 0.335. The maximum Gasteiger partial charge on any atom is 0.124 e. The zero-order chi connectivity index (χ0) is 9.84. The molecule has 0 saturated heterocycles. The van der Waals surface area contributed by atoms with Crippen LogP contribution in [-0.4, -0.2) is 6.61 Å². The van der Waals surface area contributed by atoms with Crippen molar-refractivity contribution in [2.75, 3.05) is 6.61 Å². The monoisotopic (exact) mass is 279 g/mol. The predicted octanol–water partition coefficient (Wildman–Crippen LogP) is 3.29. The van der Waals surface area contributed by atoms with Crippen molar-refractivity contribution in [2.24, 2.45) is 5.73 Å². The number of hydrogen-bond acceptors (Lipinski definition) is 2. The summed E-state index contributed by atoms with van der Waals surface area (Å²) in [6.07, 6.45) is 0. The van der Waals surface area contributed by atoms with Gasteiger partial charge in [0, 0.05) is 16.1 Å². The summed E-state index contributed by atoms with van der Waals surface area (Å²) in [6.45, 7) is 4.58. The zero-order valence-corrected chi connectivity index (χ0v) is 10.7. The highest BCUT2D eigenvalue weighted by atomic mass is 79.9. The molecule has 80 valence electrons. The van der Waals surface area contributed by atoms with Gasteiger partial charge in [-0.15, -0.1) is 12.4 Å². The Bertz CT molecular complexity index is 291. The van der Waals surface area contributed by atoms with E-state index in [4.69, 9.17) is 10.5 Å². The Kier molecular flexibility index (Phi) is 6.16. The van der Waals surface area contributed by atoms with Crippen LogP contribution < -0.4 is 10.5 Å². The normalized spacial score (nSPS) is 11.7. The third-order valence-electron chi connectivity index (χ3n) is 1.76. The molecule has 0 bridgehead atoms. The van der Waals surface area contributed by atoms with Crippen LogP contribution in [0.1, 0.15) is 25.5 Å². The van der Waals surface area contributed by atoms with Crippen LogP contribution in [0.25, 0.3) is 0 Å². The van der Waals surface area contributed by atoms with E-state index in [1.807, 2.05) is 32.0 Å². The molecule has 0 fully saturated rings. The second-order valence-electron chi connectivity index (χ2n) is 2.90. The van der Waals surface area contributed by atoms with E-state index in [9.17, 15) is 0 Å². The number of ether oxygens (including phenoxy) is 1. The van der Waals surface area contributed by atoms with E-state index in [-0.39, 0.29) is 18.4 Å². The summed E-state index contributed by atoms with van der Waals surface area (Å²) in [5, 5.41) is 0. The Morgan fingerprint density at radius 3 is 2.64 bits per heavy atom. The standard InChI is InChI=1S/C10H14BrNO.ClH/c1-3-13-10-5-4-8(11)6-9(10)7(2)12;/h4-7H,3,12H2,1-2H3;1H/t7-;/m0./s1. The molecule has 0 saturated carbocycles. The van der Waals surface area contributed by atoms with Gasteiger partial charge in [0.2, 0.25) is 0 Å². The van der Waals surface area contributed by atoms with Gasteiger partial charge in [-0.1, -0.05) is 15.9 Å². The average Bonchev–Trinajstić information content (AvgIpc) is 2.08. The molecule has 0 aliphatic heterocycles. The molecule has 2 N–H and O–H groups in total. The Morgan fingerprint density at radius 1 is 1.50 bits per heavy atom. The van der Waals surface area contributed by atoms with Gasteiger partial charge < -0.3 is 10.5 Å². The Morgan fingerprint density at radius 2 is 2.14 bits per heavy atom. The van der Waals surface area contributed by atoms with Crippen LogP contribution in [0.2, 0.25) is 0 Å². The SMILES string of the molecule is CCOc1ccc(Br)cc1[C@H](C)N.Cl. The van der Waals surface area contributed by atoms with Gasteiger partial charge in [0.1, 0.15) is 5.75 Å². The van der Waals surface area contributed by atoms with Gasteiger partial charge >= 0.3 is 0 Å². The van der Waals surface area contributed by atoms with E-state index in [2.05, 4.69) is 15.9 Å². The Balaban J connectivity index is 0.00000169. The lowest BCUT2D eigenvalue weighted by atomic mass is 10.1. The molecular weight excluding hydrogens is 265 g/mol. The zero-order valence-electron chi connectivity index (χ0n) is 8.29. The minimum atomic E-state index is -0.000880. The first kappa shape index (κ1) is 13.8. The van der Waals surface area contributed by atoms with Crippen LogP contribution in [0.4, 0.5) is 0 Å². The molecule has 1 atom stereocenters. The van der Waals surface area contributed by atoms with Crippen LogP contribution in [-0.2, 0) is 0 Å². The molecule has 0 aliphatic carbocycles. The van der Waals surface area contributed by atoms with Crippen molar-refractivity contribution in [2.45, 2.75) is 19.9 Å². The average molecular weight is 281 g/mol. The summed E-state index contributed by atoms with van der Waals surface area (Å²) < 4.78 is 6.48. The Hall–Kier alpha value is -0.250. The van der Waals surface area contributed by atoms with E-state index < -0.39 is 0 Å². The molecular formula is C10H15BrClNO. The first-order chi connectivity index (χ1) is 6.15. The number of nitrogens with two attached hydrogens (primary N) is 1. The molecule has 0 aliphatic rings. The van der Waals surface area contributed by atoms with Crippen LogP contribution in [0.3, 0.4) is 0 Å². The van der Waals surface area contributed by atoms with E-state index in [1.165, 1.54) is 0 Å². The van der Waals surface area contributed by atoms with Crippen molar-refractivity contribution < 1.29 is 4.74 Å². The number of rotatable bonds is 3. The third kappa shape index (κ3) is 3.48. The minimum Gasteiger partial charge on any atom is -0.494 e. The van der Waals surface area contributed by atoms with Crippen molar-refractivity contribution in [3.05, 3.63) is 28.2 Å². The fourth-order valence-electron chi connectivity index (χ4n) is 1.16. The van der Waals surface area contributed by atoms with E-state index >= 15 is 0 Å². The van der Waals surface area contributed by atoms with Gasteiger partial charge in [0.25, 0.3) is 0 Å². The van der Waals surface area contributed by atoms with Crippen LogP contribution in [0.15, 0.2) is 22.7 Å². The van der Waals surface area contributed by atoms with Gasteiger partial charge in [0.05, 0.1) is 6.61 Å². The van der Waals surface area contributed by atoms with Crippen molar-refractivity contribution in [3.63, 3.8) is 0 Å². The molecule has 1 rings (SSSR count). The van der Waals surface area contributed by atoms with Crippen LogP contribution >= 0.6 is 28.3 Å². The molecule has 4 heteroatoms. The summed E-state index contributed by atoms with van der Waals surface area (Å²) in [5.74, 6) is 0.876. The molecule has 0 aromatic heterocycles. The second kappa shape index (κ2) is 6.27. The Labute approximate surface area is 99.4 Å². The fraction of sp³-hybridized carbons (Fsp3) is 0.400. The highest BCUT2D eigenvalue weighted by Crippen LogP contribution is 2.27. The summed E-state index contributed by atoms with van der Waals surface area (Å²) in [4.78, 5) is 0. The van der Waals surface area contributed by atoms with Crippen LogP contribution in [0.5, 0.6) is 5.75 Å². The highest BCUT2D eigenvalue weighted by molar-refractivity contribution is 9.10.